The van der Waals surface area contributed by atoms with Crippen molar-refractivity contribution in [2.24, 2.45) is 0 Å². The number of nitrogens with zero attached hydrogens (tertiary/aromatic N) is 3. The lowest BCUT2D eigenvalue weighted by Crippen LogP contribution is -2.02. The van der Waals surface area contributed by atoms with E-state index in [1.54, 1.807) is 11.3 Å². The van der Waals surface area contributed by atoms with Crippen LogP contribution in [0, 0.1) is 0 Å². The molecule has 4 nitrogen and oxygen atoms in total. The van der Waals surface area contributed by atoms with Gasteiger partial charge in [0, 0.05) is 57.4 Å². The Hall–Kier alpha value is -5.82. The van der Waals surface area contributed by atoms with E-state index in [0.29, 0.717) is 5.95 Å². The Morgan fingerprint density at radius 2 is 1.17 bits per heavy atom. The van der Waals surface area contributed by atoms with Crippen molar-refractivity contribution in [1.82, 2.24) is 14.5 Å². The molecule has 5 aromatic heterocycles. The summed E-state index contributed by atoms with van der Waals surface area (Å²) in [5.41, 5.74) is 6.97. The van der Waals surface area contributed by atoms with E-state index < -0.39 is 0 Å². The van der Waals surface area contributed by atoms with E-state index in [1.807, 2.05) is 23.5 Å². The molecule has 0 spiro atoms. The van der Waals surface area contributed by atoms with Crippen molar-refractivity contribution in [3.63, 3.8) is 0 Å². The molecule has 0 unspecified atom stereocenters. The molecule has 48 heavy (non-hydrogen) atoms. The van der Waals surface area contributed by atoms with E-state index in [9.17, 15) is 0 Å². The van der Waals surface area contributed by atoms with Crippen molar-refractivity contribution < 1.29 is 4.42 Å². The monoisotopic (exact) mass is 647 g/mol. The summed E-state index contributed by atoms with van der Waals surface area (Å²) in [4.78, 5) is 10.9. The fraction of sp³-hybridized carbons (Fsp3) is 0. The van der Waals surface area contributed by atoms with E-state index in [-0.39, 0.29) is 0 Å². The molecule has 0 aliphatic heterocycles. The lowest BCUT2D eigenvalue weighted by atomic mass is 10.00. The zero-order chi connectivity index (χ0) is 31.1. The smallest absolute Gasteiger partial charge is 0.235 e. The average molecular weight is 648 g/mol. The second-order valence-electron chi connectivity index (χ2n) is 12.5. The lowest BCUT2D eigenvalue weighted by Gasteiger charge is -2.11. The Bertz CT molecular complexity index is 3200. The van der Waals surface area contributed by atoms with Gasteiger partial charge in [0.25, 0.3) is 0 Å². The second kappa shape index (κ2) is 8.95. The summed E-state index contributed by atoms with van der Waals surface area (Å²) in [6, 6.07) is 45.6. The number of thiophene rings is 1. The molecule has 12 aromatic rings. The first-order valence-electron chi connectivity index (χ1n) is 16.0. The molecule has 0 saturated heterocycles. The Balaban J connectivity index is 1.26. The van der Waals surface area contributed by atoms with Gasteiger partial charge in [0.1, 0.15) is 11.2 Å². The van der Waals surface area contributed by atoms with Gasteiger partial charge in [-0.05, 0) is 65.4 Å². The van der Waals surface area contributed by atoms with Gasteiger partial charge in [-0.3, -0.25) is 4.57 Å². The van der Waals surface area contributed by atoms with Gasteiger partial charge in [0.15, 0.2) is 0 Å². The maximum atomic E-state index is 6.21. The lowest BCUT2D eigenvalue weighted by molar-refractivity contribution is 0.669. The highest BCUT2D eigenvalue weighted by atomic mass is 32.1. The van der Waals surface area contributed by atoms with Crippen molar-refractivity contribution in [1.29, 1.82) is 0 Å². The SMILES string of the molecule is c1ccc2c(c1)oc1ccc(-c3nc(-n4c5ccc6cccc7sc8cccc9ccc4c(c98)c5c67)nc4c3sc3ccccc34)cc12. The first-order chi connectivity index (χ1) is 23.8. The summed E-state index contributed by atoms with van der Waals surface area (Å²) in [7, 11) is 0. The minimum atomic E-state index is 0.681. The van der Waals surface area contributed by atoms with Crippen LogP contribution in [0.1, 0.15) is 0 Å². The van der Waals surface area contributed by atoms with E-state index >= 15 is 0 Å². The number of furan rings is 1. The molecular formula is C42H21N3OS2. The maximum absolute atomic E-state index is 6.21. The van der Waals surface area contributed by atoms with Crippen molar-refractivity contribution in [2.45, 2.75) is 0 Å². The van der Waals surface area contributed by atoms with Gasteiger partial charge in [0.2, 0.25) is 5.95 Å². The topological polar surface area (TPSA) is 43.9 Å². The van der Waals surface area contributed by atoms with Gasteiger partial charge in [-0.2, -0.15) is 0 Å². The minimum Gasteiger partial charge on any atom is -0.456 e. The van der Waals surface area contributed by atoms with Gasteiger partial charge in [0.05, 0.1) is 26.9 Å². The van der Waals surface area contributed by atoms with Crippen molar-refractivity contribution in [3.05, 3.63) is 127 Å². The summed E-state index contributed by atoms with van der Waals surface area (Å²) >= 11 is 3.63. The fourth-order valence-corrected chi connectivity index (χ4v) is 10.3. The highest BCUT2D eigenvalue weighted by molar-refractivity contribution is 7.26. The third kappa shape index (κ3) is 3.18. The highest BCUT2D eigenvalue weighted by Crippen LogP contribution is 2.47. The van der Waals surface area contributed by atoms with Crippen molar-refractivity contribution in [2.75, 3.05) is 0 Å². The van der Waals surface area contributed by atoms with Crippen LogP contribution in [0.15, 0.2) is 132 Å². The van der Waals surface area contributed by atoms with E-state index in [0.717, 1.165) is 59.8 Å². The van der Waals surface area contributed by atoms with Crippen LogP contribution in [0.5, 0.6) is 0 Å². The third-order valence-electron chi connectivity index (χ3n) is 9.98. The van der Waals surface area contributed by atoms with Crippen LogP contribution in [-0.4, -0.2) is 14.5 Å². The molecular weight excluding hydrogens is 627 g/mol. The third-order valence-corrected chi connectivity index (χ3v) is 12.3. The predicted molar refractivity (Wildman–Crippen MR) is 204 cm³/mol. The minimum absolute atomic E-state index is 0.681. The molecule has 7 aromatic carbocycles. The standard InChI is InChI=1S/C42H21N3OS2/c1-3-11-30-25(9-1)27-21-24(17-20-31(27)46-30)39-41-40(26-10-2-4-12-32(26)48-41)44-42(43-39)45-28-18-15-22-7-5-13-33-35(22)37(28)38-29(45)19-16-23-8-6-14-34(47-33)36(23)38/h1-21H. The maximum Gasteiger partial charge on any atom is 0.235 e. The Labute approximate surface area is 280 Å². The second-order valence-corrected chi connectivity index (χ2v) is 14.7. The molecule has 0 aliphatic carbocycles. The first-order valence-corrected chi connectivity index (χ1v) is 17.6. The molecule has 0 atom stereocenters. The fourth-order valence-electron chi connectivity index (χ4n) is 7.93. The molecule has 0 amide bonds. The summed E-state index contributed by atoms with van der Waals surface area (Å²) in [5.74, 6) is 0.681. The molecule has 222 valence electrons. The van der Waals surface area contributed by atoms with E-state index in [2.05, 4.69) is 120 Å². The largest absolute Gasteiger partial charge is 0.456 e. The number of para-hydroxylation sites is 1. The van der Waals surface area contributed by atoms with Crippen LogP contribution < -0.4 is 0 Å². The molecule has 0 aliphatic rings. The van der Waals surface area contributed by atoms with Gasteiger partial charge < -0.3 is 4.42 Å². The van der Waals surface area contributed by atoms with Gasteiger partial charge >= 0.3 is 0 Å². The normalized spacial score (nSPS) is 12.6. The molecule has 0 fully saturated rings. The molecule has 0 bridgehead atoms. The molecule has 12 rings (SSSR count). The van der Waals surface area contributed by atoms with E-state index in [1.165, 1.54) is 46.4 Å². The van der Waals surface area contributed by atoms with Crippen LogP contribution in [-0.2, 0) is 0 Å². The van der Waals surface area contributed by atoms with Crippen LogP contribution in [0.25, 0.3) is 112 Å². The summed E-state index contributed by atoms with van der Waals surface area (Å²) in [5, 5.41) is 11.0. The Morgan fingerprint density at radius 1 is 0.500 bits per heavy atom. The first kappa shape index (κ1) is 25.3. The van der Waals surface area contributed by atoms with Gasteiger partial charge in [-0.15, -0.1) is 22.7 Å². The number of hydrogen-bond donors (Lipinski definition) is 0. The van der Waals surface area contributed by atoms with Gasteiger partial charge in [-0.1, -0.05) is 72.8 Å². The number of hydrogen-bond acceptors (Lipinski definition) is 5. The summed E-state index contributed by atoms with van der Waals surface area (Å²) in [6.07, 6.45) is 0. The quantitative estimate of drug-likeness (QED) is 0.188. The molecule has 0 radical (unpaired) electrons. The zero-order valence-electron chi connectivity index (χ0n) is 25.2. The van der Waals surface area contributed by atoms with Gasteiger partial charge in [-0.25, -0.2) is 9.97 Å². The predicted octanol–water partition coefficient (Wildman–Crippen LogP) is 12.5. The van der Waals surface area contributed by atoms with Crippen LogP contribution in [0.2, 0.25) is 0 Å². The highest BCUT2D eigenvalue weighted by Gasteiger charge is 2.24. The van der Waals surface area contributed by atoms with E-state index in [4.69, 9.17) is 14.4 Å². The average Bonchev–Trinajstić information content (AvgIpc) is 3.77. The number of aromatic nitrogens is 3. The Morgan fingerprint density at radius 3 is 1.94 bits per heavy atom. The Kier molecular flexibility index (Phi) is 4.72. The van der Waals surface area contributed by atoms with Crippen molar-refractivity contribution >= 4 is 118 Å². The molecule has 0 saturated carbocycles. The zero-order valence-corrected chi connectivity index (χ0v) is 26.8. The summed E-state index contributed by atoms with van der Waals surface area (Å²) < 4.78 is 13.4. The number of rotatable bonds is 2. The molecule has 0 N–H and O–H groups in total. The van der Waals surface area contributed by atoms with Crippen LogP contribution in [0.3, 0.4) is 0 Å². The molecule has 6 heteroatoms. The van der Waals surface area contributed by atoms with Crippen LogP contribution >= 0.6 is 22.7 Å². The summed E-state index contributed by atoms with van der Waals surface area (Å²) in [6.45, 7) is 0. The number of fused-ring (bicyclic) bond motifs is 6. The van der Waals surface area contributed by atoms with Crippen LogP contribution in [0.4, 0.5) is 0 Å². The van der Waals surface area contributed by atoms with Crippen molar-refractivity contribution in [3.8, 4) is 17.2 Å². The molecule has 5 heterocycles. The number of benzene rings is 7.